The number of hydrogen-bond acceptors (Lipinski definition) is 3. The molecule has 0 saturated heterocycles. The molecule has 3 rings (SSSR count). The molecule has 1 aliphatic rings. The van der Waals surface area contributed by atoms with E-state index in [4.69, 9.17) is 39.5 Å². The smallest absolute Gasteiger partial charge is 0.276 e. The second kappa shape index (κ2) is 7.35. The van der Waals surface area contributed by atoms with Crippen LogP contribution >= 0.6 is 34.8 Å². The highest BCUT2D eigenvalue weighted by molar-refractivity contribution is 6.76. The van der Waals surface area contributed by atoms with Gasteiger partial charge in [-0.05, 0) is 30.7 Å². The molecule has 1 atom stereocenters. The second-order valence-electron chi connectivity index (χ2n) is 5.80. The standard InChI is InChI=1S/C18H15Cl3N2O3/c1-11-16(24)23(10-12-5-3-2-4-6-12)14-9-13(7-8-15(14)26-11)22-17(25)18(19,20)21/h2-9,11H,10H2,1H3,(H,22,25). The van der Waals surface area contributed by atoms with Crippen molar-refractivity contribution in [2.75, 3.05) is 10.2 Å². The number of amides is 2. The summed E-state index contributed by atoms with van der Waals surface area (Å²) in [5, 5.41) is 2.51. The summed E-state index contributed by atoms with van der Waals surface area (Å²) in [6, 6.07) is 14.5. The van der Waals surface area contributed by atoms with Crippen molar-refractivity contribution in [2.24, 2.45) is 0 Å². The summed E-state index contributed by atoms with van der Waals surface area (Å²) < 4.78 is 3.57. The van der Waals surface area contributed by atoms with Crippen LogP contribution in [0.5, 0.6) is 5.75 Å². The Hall–Kier alpha value is -1.95. The number of hydrogen-bond donors (Lipinski definition) is 1. The topological polar surface area (TPSA) is 58.6 Å². The third-order valence-electron chi connectivity index (χ3n) is 3.87. The molecule has 26 heavy (non-hydrogen) atoms. The van der Waals surface area contributed by atoms with Gasteiger partial charge in [-0.15, -0.1) is 0 Å². The zero-order valence-corrected chi connectivity index (χ0v) is 16.0. The SMILES string of the molecule is CC1Oc2ccc(NC(=O)C(Cl)(Cl)Cl)cc2N(Cc2ccccc2)C1=O. The summed E-state index contributed by atoms with van der Waals surface area (Å²) >= 11 is 16.8. The van der Waals surface area contributed by atoms with Crippen molar-refractivity contribution in [2.45, 2.75) is 23.4 Å². The molecule has 1 heterocycles. The Morgan fingerprint density at radius 2 is 1.88 bits per heavy atom. The Labute approximate surface area is 165 Å². The molecule has 2 amide bonds. The maximum atomic E-state index is 12.6. The van der Waals surface area contributed by atoms with Gasteiger partial charge in [-0.2, -0.15) is 0 Å². The van der Waals surface area contributed by atoms with Crippen molar-refractivity contribution >= 4 is 58.0 Å². The first-order chi connectivity index (χ1) is 12.3. The van der Waals surface area contributed by atoms with Gasteiger partial charge >= 0.3 is 0 Å². The summed E-state index contributed by atoms with van der Waals surface area (Å²) in [4.78, 5) is 26.1. The summed E-state index contributed by atoms with van der Waals surface area (Å²) in [6.45, 7) is 2.07. The molecule has 0 aromatic heterocycles. The zero-order chi connectivity index (χ0) is 18.9. The van der Waals surface area contributed by atoms with E-state index < -0.39 is 15.8 Å². The molecule has 5 nitrogen and oxygen atoms in total. The minimum Gasteiger partial charge on any atom is -0.479 e. The molecule has 1 unspecified atom stereocenters. The van der Waals surface area contributed by atoms with Crippen molar-refractivity contribution in [3.05, 3.63) is 54.1 Å². The van der Waals surface area contributed by atoms with Gasteiger partial charge in [0.05, 0.1) is 12.2 Å². The fourth-order valence-electron chi connectivity index (χ4n) is 2.62. The number of carbonyl (C=O) groups is 2. The molecule has 0 bridgehead atoms. The molecular weight excluding hydrogens is 399 g/mol. The number of ether oxygens (including phenoxy) is 1. The molecule has 2 aromatic carbocycles. The highest BCUT2D eigenvalue weighted by atomic mass is 35.6. The maximum Gasteiger partial charge on any atom is 0.276 e. The number of fused-ring (bicyclic) bond motifs is 1. The van der Waals surface area contributed by atoms with Gasteiger partial charge in [0.1, 0.15) is 5.75 Å². The maximum absolute atomic E-state index is 12.6. The Morgan fingerprint density at radius 1 is 1.19 bits per heavy atom. The molecule has 0 saturated carbocycles. The van der Waals surface area contributed by atoms with Gasteiger partial charge in [-0.1, -0.05) is 65.1 Å². The summed E-state index contributed by atoms with van der Waals surface area (Å²) in [7, 11) is 0. The first-order valence-corrected chi connectivity index (χ1v) is 8.93. The Morgan fingerprint density at radius 3 is 2.54 bits per heavy atom. The van der Waals surface area contributed by atoms with Crippen molar-refractivity contribution < 1.29 is 14.3 Å². The monoisotopic (exact) mass is 412 g/mol. The first-order valence-electron chi connectivity index (χ1n) is 7.80. The number of alkyl halides is 3. The highest BCUT2D eigenvalue weighted by Gasteiger charge is 2.33. The predicted octanol–water partition coefficient (Wildman–Crippen LogP) is 4.31. The van der Waals surface area contributed by atoms with Gasteiger partial charge in [-0.3, -0.25) is 9.59 Å². The van der Waals surface area contributed by atoms with Crippen molar-refractivity contribution in [3.8, 4) is 5.75 Å². The van der Waals surface area contributed by atoms with Gasteiger partial charge in [0.25, 0.3) is 15.6 Å². The van der Waals surface area contributed by atoms with E-state index in [2.05, 4.69) is 5.32 Å². The number of nitrogens with zero attached hydrogens (tertiary/aromatic N) is 1. The van der Waals surface area contributed by atoms with E-state index >= 15 is 0 Å². The van der Waals surface area contributed by atoms with E-state index in [1.807, 2.05) is 30.3 Å². The minimum atomic E-state index is -2.08. The van der Waals surface area contributed by atoms with Gasteiger partial charge in [0.2, 0.25) is 0 Å². The van der Waals surface area contributed by atoms with Crippen LogP contribution in [0.1, 0.15) is 12.5 Å². The predicted molar refractivity (Wildman–Crippen MR) is 103 cm³/mol. The van der Waals surface area contributed by atoms with Crippen LogP contribution in [0.3, 0.4) is 0 Å². The molecule has 1 N–H and O–H groups in total. The lowest BCUT2D eigenvalue weighted by Crippen LogP contribution is -2.44. The first kappa shape index (κ1) is 18.8. The minimum absolute atomic E-state index is 0.175. The molecule has 136 valence electrons. The number of benzene rings is 2. The summed E-state index contributed by atoms with van der Waals surface area (Å²) in [5.74, 6) is -0.417. The molecule has 0 aliphatic carbocycles. The van der Waals surface area contributed by atoms with Crippen LogP contribution in [0.25, 0.3) is 0 Å². The molecule has 0 fully saturated rings. The molecule has 1 aliphatic heterocycles. The van der Waals surface area contributed by atoms with Gasteiger partial charge in [0.15, 0.2) is 6.10 Å². The Kier molecular flexibility index (Phi) is 5.32. The van der Waals surface area contributed by atoms with Crippen LogP contribution in [0.15, 0.2) is 48.5 Å². The van der Waals surface area contributed by atoms with Crippen LogP contribution in [0.2, 0.25) is 0 Å². The normalized spacial score (nSPS) is 16.7. The van der Waals surface area contributed by atoms with Crippen LogP contribution in [0.4, 0.5) is 11.4 Å². The van der Waals surface area contributed by atoms with Crippen molar-refractivity contribution in [1.82, 2.24) is 0 Å². The third kappa shape index (κ3) is 4.06. The van der Waals surface area contributed by atoms with Gasteiger partial charge in [0, 0.05) is 5.69 Å². The zero-order valence-electron chi connectivity index (χ0n) is 13.7. The Balaban J connectivity index is 1.93. The van der Waals surface area contributed by atoms with Crippen molar-refractivity contribution in [3.63, 3.8) is 0 Å². The number of nitrogens with one attached hydrogen (secondary N) is 1. The second-order valence-corrected chi connectivity index (χ2v) is 8.09. The van der Waals surface area contributed by atoms with E-state index in [0.29, 0.717) is 23.7 Å². The van der Waals surface area contributed by atoms with E-state index in [1.54, 1.807) is 30.0 Å². The van der Waals surface area contributed by atoms with E-state index in [-0.39, 0.29) is 5.91 Å². The number of anilines is 2. The molecule has 2 aromatic rings. The van der Waals surface area contributed by atoms with Crippen LogP contribution in [-0.4, -0.2) is 21.7 Å². The summed E-state index contributed by atoms with van der Waals surface area (Å²) in [6.07, 6.45) is -0.604. The van der Waals surface area contributed by atoms with Crippen LogP contribution in [0, 0.1) is 0 Å². The summed E-state index contributed by atoms with van der Waals surface area (Å²) in [5.41, 5.74) is 1.90. The highest BCUT2D eigenvalue weighted by Crippen LogP contribution is 2.38. The fraction of sp³-hybridized carbons (Fsp3) is 0.222. The number of rotatable bonds is 3. The van der Waals surface area contributed by atoms with E-state index in [1.165, 1.54) is 0 Å². The lowest BCUT2D eigenvalue weighted by Gasteiger charge is -2.33. The van der Waals surface area contributed by atoms with Crippen LogP contribution in [-0.2, 0) is 16.1 Å². The van der Waals surface area contributed by atoms with E-state index in [0.717, 1.165) is 5.56 Å². The molecular formula is C18H15Cl3N2O3. The lowest BCUT2D eigenvalue weighted by molar-refractivity contribution is -0.125. The van der Waals surface area contributed by atoms with Gasteiger partial charge < -0.3 is 15.0 Å². The number of halogens is 3. The quantitative estimate of drug-likeness (QED) is 0.763. The molecule has 8 heteroatoms. The molecule has 0 spiro atoms. The van der Waals surface area contributed by atoms with Gasteiger partial charge in [-0.25, -0.2) is 0 Å². The molecule has 0 radical (unpaired) electrons. The van der Waals surface area contributed by atoms with Crippen LogP contribution < -0.4 is 15.0 Å². The largest absolute Gasteiger partial charge is 0.479 e. The fourth-order valence-corrected chi connectivity index (χ4v) is 2.76. The average Bonchev–Trinajstić information content (AvgIpc) is 2.59. The lowest BCUT2D eigenvalue weighted by atomic mass is 10.1. The average molecular weight is 414 g/mol. The number of carbonyl (C=O) groups excluding carboxylic acids is 2. The Bertz CT molecular complexity index is 837. The third-order valence-corrected chi connectivity index (χ3v) is 4.38. The van der Waals surface area contributed by atoms with Crippen molar-refractivity contribution in [1.29, 1.82) is 0 Å². The van der Waals surface area contributed by atoms with E-state index in [9.17, 15) is 9.59 Å².